The van der Waals surface area contributed by atoms with E-state index in [2.05, 4.69) is 4.98 Å². The van der Waals surface area contributed by atoms with Gasteiger partial charge in [0.05, 0.1) is 5.52 Å². The van der Waals surface area contributed by atoms with Gasteiger partial charge in [0.1, 0.15) is 11.4 Å². The number of rotatable bonds is 1. The van der Waals surface area contributed by atoms with Gasteiger partial charge >= 0.3 is 6.09 Å². The van der Waals surface area contributed by atoms with Crippen LogP contribution in [0.3, 0.4) is 0 Å². The van der Waals surface area contributed by atoms with E-state index in [9.17, 15) is 9.18 Å². The Hall–Kier alpha value is -2.17. The molecular formula is C17H19FN2O2. The molecule has 0 spiro atoms. The van der Waals surface area contributed by atoms with Crippen LogP contribution in [0.25, 0.3) is 10.9 Å². The minimum atomic E-state index is -0.512. The SMILES string of the molecule is CC(C)(C)OC(=O)N1CC(c2ccc3ncccc3c2F)C1. The highest BCUT2D eigenvalue weighted by atomic mass is 19.1. The van der Waals surface area contributed by atoms with Crippen LogP contribution in [0.4, 0.5) is 9.18 Å². The van der Waals surface area contributed by atoms with Crippen LogP contribution in [0.5, 0.6) is 0 Å². The standard InChI is InChI=1S/C17H19FN2O2/c1-17(2,3)22-16(21)20-9-11(10-20)12-6-7-14-13(15(12)18)5-4-8-19-14/h4-8,11H,9-10H2,1-3H3. The van der Waals surface area contributed by atoms with E-state index >= 15 is 0 Å². The molecule has 22 heavy (non-hydrogen) atoms. The molecule has 0 unspecified atom stereocenters. The number of nitrogens with zero attached hydrogens (tertiary/aromatic N) is 2. The van der Waals surface area contributed by atoms with E-state index in [0.717, 1.165) is 0 Å². The van der Waals surface area contributed by atoms with Crippen molar-refractivity contribution in [3.05, 3.63) is 41.8 Å². The Morgan fingerprint density at radius 3 is 2.73 bits per heavy atom. The van der Waals surface area contributed by atoms with Crippen molar-refractivity contribution >= 4 is 17.0 Å². The highest BCUT2D eigenvalue weighted by Crippen LogP contribution is 2.32. The second-order valence-electron chi connectivity index (χ2n) is 6.62. The average Bonchev–Trinajstić information content (AvgIpc) is 2.38. The fraction of sp³-hybridized carbons (Fsp3) is 0.412. The number of likely N-dealkylation sites (tertiary alicyclic amines) is 1. The van der Waals surface area contributed by atoms with Crippen LogP contribution in [0.2, 0.25) is 0 Å². The van der Waals surface area contributed by atoms with E-state index < -0.39 is 5.60 Å². The minimum Gasteiger partial charge on any atom is -0.444 e. The second kappa shape index (κ2) is 5.23. The predicted molar refractivity (Wildman–Crippen MR) is 82.2 cm³/mol. The highest BCUT2D eigenvalue weighted by molar-refractivity contribution is 5.80. The number of benzene rings is 1. The maximum absolute atomic E-state index is 14.6. The van der Waals surface area contributed by atoms with E-state index in [4.69, 9.17) is 4.74 Å². The summed E-state index contributed by atoms with van der Waals surface area (Å²) in [5.41, 5.74) is 0.773. The lowest BCUT2D eigenvalue weighted by Crippen LogP contribution is -2.50. The first-order valence-electron chi connectivity index (χ1n) is 7.36. The average molecular weight is 302 g/mol. The molecule has 2 aromatic rings. The van der Waals surface area contributed by atoms with Gasteiger partial charge in [-0.05, 0) is 44.5 Å². The maximum atomic E-state index is 14.6. The number of fused-ring (bicyclic) bond motifs is 1. The van der Waals surface area contributed by atoms with Crippen molar-refractivity contribution in [3.8, 4) is 0 Å². The molecule has 4 nitrogen and oxygen atoms in total. The Bertz CT molecular complexity index is 718. The molecule has 0 bridgehead atoms. The van der Waals surface area contributed by atoms with Crippen LogP contribution in [0.1, 0.15) is 32.3 Å². The molecule has 1 fully saturated rings. The van der Waals surface area contributed by atoms with Crippen LogP contribution >= 0.6 is 0 Å². The Kier molecular flexibility index (Phi) is 3.51. The molecule has 1 amide bonds. The number of carbonyl (C=O) groups is 1. The van der Waals surface area contributed by atoms with Crippen LogP contribution < -0.4 is 0 Å². The van der Waals surface area contributed by atoms with E-state index in [-0.39, 0.29) is 17.8 Å². The van der Waals surface area contributed by atoms with Crippen molar-refractivity contribution in [2.75, 3.05) is 13.1 Å². The summed E-state index contributed by atoms with van der Waals surface area (Å²) >= 11 is 0. The first-order valence-corrected chi connectivity index (χ1v) is 7.36. The molecule has 5 heteroatoms. The zero-order valence-electron chi connectivity index (χ0n) is 13.0. The molecule has 116 valence electrons. The molecule has 1 aliphatic heterocycles. The Morgan fingerprint density at radius 2 is 2.05 bits per heavy atom. The third kappa shape index (κ3) is 2.75. The molecule has 0 saturated carbocycles. The normalized spacial score (nSPS) is 15.7. The summed E-state index contributed by atoms with van der Waals surface area (Å²) in [7, 11) is 0. The molecule has 1 aromatic heterocycles. The molecule has 1 aliphatic rings. The third-order valence-electron chi connectivity index (χ3n) is 3.72. The van der Waals surface area contributed by atoms with Crippen molar-refractivity contribution in [1.29, 1.82) is 0 Å². The smallest absolute Gasteiger partial charge is 0.410 e. The van der Waals surface area contributed by atoms with E-state index in [1.165, 1.54) is 0 Å². The number of aromatic nitrogens is 1. The quantitative estimate of drug-likeness (QED) is 0.806. The van der Waals surface area contributed by atoms with Gasteiger partial charge in [-0.2, -0.15) is 0 Å². The van der Waals surface area contributed by atoms with Gasteiger partial charge in [-0.1, -0.05) is 6.07 Å². The van der Waals surface area contributed by atoms with Crippen molar-refractivity contribution < 1.29 is 13.9 Å². The van der Waals surface area contributed by atoms with E-state index in [1.54, 1.807) is 29.3 Å². The maximum Gasteiger partial charge on any atom is 0.410 e. The van der Waals surface area contributed by atoms with Crippen molar-refractivity contribution in [1.82, 2.24) is 9.88 Å². The predicted octanol–water partition coefficient (Wildman–Crippen LogP) is 3.71. The Morgan fingerprint density at radius 1 is 1.32 bits per heavy atom. The number of amides is 1. The molecule has 0 aliphatic carbocycles. The van der Waals surface area contributed by atoms with Crippen LogP contribution in [-0.2, 0) is 4.74 Å². The zero-order valence-corrected chi connectivity index (χ0v) is 13.0. The van der Waals surface area contributed by atoms with Gasteiger partial charge in [0.15, 0.2) is 0 Å². The van der Waals surface area contributed by atoms with Gasteiger partial charge in [0.2, 0.25) is 0 Å². The molecule has 0 atom stereocenters. The summed E-state index contributed by atoms with van der Waals surface area (Å²) < 4.78 is 19.9. The molecule has 1 aromatic carbocycles. The van der Waals surface area contributed by atoms with E-state index in [1.807, 2.05) is 26.8 Å². The number of hydrogen-bond acceptors (Lipinski definition) is 3. The first kappa shape index (κ1) is 14.8. The fourth-order valence-corrected chi connectivity index (χ4v) is 2.60. The molecule has 0 N–H and O–H groups in total. The summed E-state index contributed by atoms with van der Waals surface area (Å²) in [5.74, 6) is -0.225. The molecule has 0 radical (unpaired) electrons. The largest absolute Gasteiger partial charge is 0.444 e. The topological polar surface area (TPSA) is 42.4 Å². The van der Waals surface area contributed by atoms with Crippen LogP contribution in [0.15, 0.2) is 30.5 Å². The van der Waals surface area contributed by atoms with Crippen LogP contribution in [-0.4, -0.2) is 34.7 Å². The Balaban J connectivity index is 1.73. The number of carbonyl (C=O) groups excluding carboxylic acids is 1. The van der Waals surface area contributed by atoms with Crippen molar-refractivity contribution in [3.63, 3.8) is 0 Å². The van der Waals surface area contributed by atoms with Crippen LogP contribution in [0, 0.1) is 5.82 Å². The van der Waals surface area contributed by atoms with Gasteiger partial charge in [0.25, 0.3) is 0 Å². The fourth-order valence-electron chi connectivity index (χ4n) is 2.60. The summed E-state index contributed by atoms with van der Waals surface area (Å²) in [5, 5.41) is 0.524. The monoisotopic (exact) mass is 302 g/mol. The van der Waals surface area contributed by atoms with Crippen molar-refractivity contribution in [2.45, 2.75) is 32.3 Å². The van der Waals surface area contributed by atoms with Gasteiger partial charge in [-0.15, -0.1) is 0 Å². The zero-order chi connectivity index (χ0) is 15.9. The lowest BCUT2D eigenvalue weighted by molar-refractivity contribution is 0.00793. The first-order chi connectivity index (χ1) is 10.3. The third-order valence-corrected chi connectivity index (χ3v) is 3.72. The molecule has 3 rings (SSSR count). The summed E-state index contributed by atoms with van der Waals surface area (Å²) in [6, 6.07) is 7.04. The number of hydrogen-bond donors (Lipinski definition) is 0. The number of ether oxygens (including phenoxy) is 1. The minimum absolute atomic E-state index is 0.0112. The van der Waals surface area contributed by atoms with Gasteiger partial charge < -0.3 is 9.64 Å². The lowest BCUT2D eigenvalue weighted by atomic mass is 9.90. The van der Waals surface area contributed by atoms with Gasteiger partial charge in [-0.3, -0.25) is 4.98 Å². The summed E-state index contributed by atoms with van der Waals surface area (Å²) in [6.45, 7) is 6.46. The number of halogens is 1. The van der Waals surface area contributed by atoms with Gasteiger partial charge in [0, 0.05) is 30.6 Å². The number of pyridine rings is 1. The summed E-state index contributed by atoms with van der Waals surface area (Å²) in [6.07, 6.45) is 1.31. The lowest BCUT2D eigenvalue weighted by Gasteiger charge is -2.40. The summed E-state index contributed by atoms with van der Waals surface area (Å²) in [4.78, 5) is 17.7. The second-order valence-corrected chi connectivity index (χ2v) is 6.62. The molecule has 1 saturated heterocycles. The van der Waals surface area contributed by atoms with E-state index in [0.29, 0.717) is 29.6 Å². The highest BCUT2D eigenvalue weighted by Gasteiger charge is 2.36. The molecular weight excluding hydrogens is 283 g/mol. The molecule has 2 heterocycles. The van der Waals surface area contributed by atoms with Crippen molar-refractivity contribution in [2.24, 2.45) is 0 Å². The van der Waals surface area contributed by atoms with Gasteiger partial charge in [-0.25, -0.2) is 9.18 Å². The Labute approximate surface area is 128 Å².